The van der Waals surface area contributed by atoms with Gasteiger partial charge in [0.05, 0.1) is 17.7 Å². The number of aliphatic hydroxyl groups is 1. The number of unbranched alkanes of at least 4 members (excludes halogenated alkanes) is 1. The van der Waals surface area contributed by atoms with E-state index in [9.17, 15) is 15.0 Å². The fourth-order valence-electron chi connectivity index (χ4n) is 8.67. The van der Waals surface area contributed by atoms with E-state index in [0.29, 0.717) is 30.6 Å². The number of phenols is 1. The third-order valence-electron chi connectivity index (χ3n) is 10.8. The quantitative estimate of drug-likeness (QED) is 0.277. The van der Waals surface area contributed by atoms with Crippen molar-refractivity contribution < 1.29 is 19.4 Å². The Morgan fingerprint density at radius 1 is 1.07 bits per heavy atom. The van der Waals surface area contributed by atoms with Crippen molar-refractivity contribution in [2.75, 3.05) is 6.54 Å². The van der Waals surface area contributed by atoms with E-state index in [1.807, 2.05) is 47.4 Å². The molecular weight excluding hydrogens is 539 g/mol. The van der Waals surface area contributed by atoms with Crippen molar-refractivity contribution in [2.45, 2.75) is 76.6 Å². The predicted octanol–water partition coefficient (Wildman–Crippen LogP) is 7.17. The minimum absolute atomic E-state index is 0.0567. The molecule has 7 atom stereocenters. The van der Waals surface area contributed by atoms with E-state index in [2.05, 4.69) is 13.0 Å². The molecule has 0 aromatic heterocycles. The van der Waals surface area contributed by atoms with Gasteiger partial charge in [-0.15, -0.1) is 0 Å². The third kappa shape index (κ3) is 5.68. The van der Waals surface area contributed by atoms with E-state index < -0.39 is 17.7 Å². The van der Waals surface area contributed by atoms with Gasteiger partial charge in [0.15, 0.2) is 0 Å². The molecule has 6 rings (SSSR count). The Morgan fingerprint density at radius 3 is 2.58 bits per heavy atom. The molecule has 3 aromatic carbocycles. The molecule has 0 aliphatic heterocycles. The van der Waals surface area contributed by atoms with Crippen LogP contribution in [0.3, 0.4) is 0 Å². The summed E-state index contributed by atoms with van der Waals surface area (Å²) in [4.78, 5) is 15.5. The van der Waals surface area contributed by atoms with Gasteiger partial charge in [-0.25, -0.2) is 4.39 Å². The number of fused-ring (bicyclic) bond motifs is 5. The molecule has 2 N–H and O–H groups in total. The Bertz CT molecular complexity index is 1490. The zero-order chi connectivity index (χ0) is 30.1. The van der Waals surface area contributed by atoms with Crippen LogP contribution in [0.2, 0.25) is 0 Å². The van der Waals surface area contributed by atoms with Gasteiger partial charge < -0.3 is 15.1 Å². The van der Waals surface area contributed by atoms with Crippen molar-refractivity contribution in [1.29, 1.82) is 5.26 Å². The van der Waals surface area contributed by atoms with Crippen LogP contribution in [0.4, 0.5) is 4.39 Å². The Morgan fingerprint density at radius 2 is 1.84 bits per heavy atom. The van der Waals surface area contributed by atoms with Crippen molar-refractivity contribution in [2.24, 2.45) is 23.2 Å². The molecule has 0 spiro atoms. The molecule has 3 aromatic rings. The van der Waals surface area contributed by atoms with Crippen LogP contribution in [0.25, 0.3) is 0 Å². The zero-order valence-electron chi connectivity index (χ0n) is 24.8. The molecule has 0 bridgehead atoms. The summed E-state index contributed by atoms with van der Waals surface area (Å²) >= 11 is 0. The number of nitrogens with zero attached hydrogens (tertiary/aromatic N) is 2. The first-order valence-corrected chi connectivity index (χ1v) is 15.8. The Balaban J connectivity index is 1.19. The van der Waals surface area contributed by atoms with Crippen molar-refractivity contribution in [3.63, 3.8) is 0 Å². The van der Waals surface area contributed by atoms with Crippen LogP contribution in [0.15, 0.2) is 72.8 Å². The Hall–Kier alpha value is -3.69. The molecule has 2 saturated carbocycles. The van der Waals surface area contributed by atoms with Crippen LogP contribution >= 0.6 is 0 Å². The van der Waals surface area contributed by atoms with Crippen molar-refractivity contribution >= 4 is 5.91 Å². The number of benzene rings is 3. The van der Waals surface area contributed by atoms with Crippen molar-refractivity contribution in [1.82, 2.24) is 4.90 Å². The smallest absolute Gasteiger partial charge is 0.254 e. The summed E-state index contributed by atoms with van der Waals surface area (Å²) in [6.45, 7) is 3.19. The van der Waals surface area contributed by atoms with Gasteiger partial charge in [-0.2, -0.15) is 5.26 Å². The second-order valence-corrected chi connectivity index (χ2v) is 13.3. The lowest BCUT2D eigenvalue weighted by Gasteiger charge is -2.54. The summed E-state index contributed by atoms with van der Waals surface area (Å²) in [6.07, 6.45) is 4.01. The highest BCUT2D eigenvalue weighted by Gasteiger charge is 2.59. The molecule has 1 amide bonds. The second-order valence-electron chi connectivity index (χ2n) is 13.3. The molecule has 0 saturated heterocycles. The van der Waals surface area contributed by atoms with Gasteiger partial charge in [-0.1, -0.05) is 49.7 Å². The number of alkyl halides is 1. The molecule has 0 heterocycles. The normalized spacial score (nSPS) is 29.2. The molecule has 2 fully saturated rings. The maximum Gasteiger partial charge on any atom is 0.254 e. The molecule has 224 valence electrons. The highest BCUT2D eigenvalue weighted by molar-refractivity contribution is 5.94. The average Bonchev–Trinajstić information content (AvgIpc) is 3.31. The van der Waals surface area contributed by atoms with Crippen molar-refractivity contribution in [3.8, 4) is 11.8 Å². The molecule has 0 radical (unpaired) electrons. The van der Waals surface area contributed by atoms with Crippen LogP contribution in [-0.4, -0.2) is 39.8 Å². The lowest BCUT2D eigenvalue weighted by molar-refractivity contribution is -0.0722. The summed E-state index contributed by atoms with van der Waals surface area (Å²) in [7, 11) is 0. The summed E-state index contributed by atoms with van der Waals surface area (Å²) in [5.41, 5.74) is 3.85. The number of aliphatic hydroxyl groups excluding tert-OH is 1. The minimum atomic E-state index is -1.02. The SMILES string of the molecule is CC12C[C@H](F)C3c4ccc(O)cc4CC(CCCCN(Cc4ccccc4)C(=O)c4ccc(C#N)cc4)C3C1CC[C@@H]2O. The largest absolute Gasteiger partial charge is 0.508 e. The summed E-state index contributed by atoms with van der Waals surface area (Å²) in [5.74, 6) is 0.650. The number of carbonyl (C=O) groups is 1. The number of aromatic hydroxyl groups is 1. The molecule has 5 unspecified atom stereocenters. The van der Waals surface area contributed by atoms with Gasteiger partial charge in [0.2, 0.25) is 0 Å². The number of carbonyl (C=O) groups excluding carboxylic acids is 1. The fraction of sp³-hybridized carbons (Fsp3) is 0.459. The highest BCUT2D eigenvalue weighted by atomic mass is 19.1. The maximum absolute atomic E-state index is 16.1. The first kappa shape index (κ1) is 29.4. The molecule has 43 heavy (non-hydrogen) atoms. The fourth-order valence-corrected chi connectivity index (χ4v) is 8.67. The highest BCUT2D eigenvalue weighted by Crippen LogP contribution is 2.63. The van der Waals surface area contributed by atoms with Gasteiger partial charge in [0.25, 0.3) is 5.91 Å². The number of phenolic OH excluding ortho intramolecular Hbond substituents is 1. The van der Waals surface area contributed by atoms with Gasteiger partial charge in [-0.3, -0.25) is 4.79 Å². The van der Waals surface area contributed by atoms with E-state index in [1.165, 1.54) is 0 Å². The number of nitriles is 1. The summed E-state index contributed by atoms with van der Waals surface area (Å²) < 4.78 is 16.1. The van der Waals surface area contributed by atoms with Crippen LogP contribution in [0, 0.1) is 34.5 Å². The predicted molar refractivity (Wildman–Crippen MR) is 164 cm³/mol. The number of rotatable bonds is 8. The Labute approximate surface area is 254 Å². The topological polar surface area (TPSA) is 84.6 Å². The number of hydrogen-bond donors (Lipinski definition) is 2. The van der Waals surface area contributed by atoms with Crippen LogP contribution in [-0.2, 0) is 13.0 Å². The lowest BCUT2D eigenvalue weighted by atomic mass is 9.51. The number of hydrogen-bond acceptors (Lipinski definition) is 4. The van der Waals surface area contributed by atoms with Crippen LogP contribution < -0.4 is 0 Å². The molecule has 3 aliphatic rings. The van der Waals surface area contributed by atoms with E-state index in [1.54, 1.807) is 30.3 Å². The van der Waals surface area contributed by atoms with Gasteiger partial charge in [0.1, 0.15) is 11.9 Å². The number of amides is 1. The molecule has 6 heteroatoms. The first-order valence-electron chi connectivity index (χ1n) is 15.8. The maximum atomic E-state index is 16.1. The lowest BCUT2D eigenvalue weighted by Crippen LogP contribution is -2.51. The van der Waals surface area contributed by atoms with Crippen LogP contribution in [0.5, 0.6) is 5.75 Å². The van der Waals surface area contributed by atoms with Gasteiger partial charge in [-0.05, 0) is 115 Å². The molecule has 3 aliphatic carbocycles. The molecular formula is C37H41FN2O3. The molecule has 5 nitrogen and oxygen atoms in total. The van der Waals surface area contributed by atoms with E-state index in [0.717, 1.165) is 55.2 Å². The second kappa shape index (κ2) is 12.1. The standard InChI is InChI=1S/C37H41FN2O3/c1-37-21-32(38)35-30-15-14-29(41)20-28(30)19-27(34(35)31(37)16-17-33(37)42)9-5-6-18-40(23-25-7-3-2-4-8-25)36(43)26-12-10-24(22-39)11-13-26/h2-4,7-8,10-15,20,27,31-35,41-42H,5-6,9,16-19,21,23H2,1H3/t27?,31?,32-,33-,34?,35?,37?/m0/s1. The van der Waals surface area contributed by atoms with Crippen LogP contribution in [0.1, 0.15) is 84.0 Å². The first-order chi connectivity index (χ1) is 20.8. The van der Waals surface area contributed by atoms with E-state index in [-0.39, 0.29) is 35.3 Å². The van der Waals surface area contributed by atoms with Gasteiger partial charge >= 0.3 is 0 Å². The minimum Gasteiger partial charge on any atom is -0.508 e. The zero-order valence-corrected chi connectivity index (χ0v) is 24.8. The number of halogens is 1. The Kier molecular flexibility index (Phi) is 8.29. The third-order valence-corrected chi connectivity index (χ3v) is 10.8. The van der Waals surface area contributed by atoms with Crippen molar-refractivity contribution in [3.05, 3.63) is 101 Å². The summed E-state index contributed by atoms with van der Waals surface area (Å²) in [5, 5.41) is 30.3. The van der Waals surface area contributed by atoms with E-state index in [4.69, 9.17) is 5.26 Å². The van der Waals surface area contributed by atoms with Gasteiger partial charge in [0, 0.05) is 24.6 Å². The van der Waals surface area contributed by atoms with E-state index >= 15 is 4.39 Å². The monoisotopic (exact) mass is 580 g/mol. The average molecular weight is 581 g/mol. The summed E-state index contributed by atoms with van der Waals surface area (Å²) in [6, 6.07) is 24.3.